The number of nitrogens with one attached hydrogen (secondary N) is 2. The van der Waals surface area contributed by atoms with Crippen LogP contribution in [0.2, 0.25) is 0 Å². The van der Waals surface area contributed by atoms with Gasteiger partial charge in [0.2, 0.25) is 0 Å². The van der Waals surface area contributed by atoms with Gasteiger partial charge in [-0.15, -0.1) is 0 Å². The van der Waals surface area contributed by atoms with E-state index in [1.54, 1.807) is 24.5 Å². The van der Waals surface area contributed by atoms with E-state index in [-0.39, 0.29) is 23.5 Å². The molecule has 5 heteroatoms. The van der Waals surface area contributed by atoms with Crippen LogP contribution < -0.4 is 10.6 Å². The van der Waals surface area contributed by atoms with Gasteiger partial charge >= 0.3 is 0 Å². The normalized spacial score (nSPS) is 23.6. The highest BCUT2D eigenvalue weighted by molar-refractivity contribution is 5.94. The van der Waals surface area contributed by atoms with E-state index in [1.807, 2.05) is 13.0 Å². The van der Waals surface area contributed by atoms with Gasteiger partial charge in [0.1, 0.15) is 0 Å². The Balaban J connectivity index is 1.71. The minimum absolute atomic E-state index is 0.0337. The number of piperidine rings is 1. The zero-order chi connectivity index (χ0) is 18.0. The molecule has 1 aliphatic carbocycles. The first kappa shape index (κ1) is 17.2. The molecule has 1 aromatic heterocycles. The van der Waals surface area contributed by atoms with Gasteiger partial charge in [0.25, 0.3) is 5.91 Å². The van der Waals surface area contributed by atoms with E-state index in [0.717, 1.165) is 25.9 Å². The third kappa shape index (κ3) is 2.81. The van der Waals surface area contributed by atoms with Crippen LogP contribution in [0.3, 0.4) is 0 Å². The molecule has 1 spiro atoms. The molecule has 0 saturated carbocycles. The molecule has 1 aliphatic heterocycles. The first-order valence-corrected chi connectivity index (χ1v) is 9.39. The highest BCUT2D eigenvalue weighted by Gasteiger charge is 2.53. The van der Waals surface area contributed by atoms with Crippen molar-refractivity contribution in [3.8, 4) is 0 Å². The maximum atomic E-state index is 12.8. The lowest BCUT2D eigenvalue weighted by atomic mass is 9.72. The quantitative estimate of drug-likeness (QED) is 0.889. The second-order valence-electron chi connectivity index (χ2n) is 7.06. The summed E-state index contributed by atoms with van der Waals surface area (Å²) in [5.74, 6) is -0.0807. The fourth-order valence-electron chi connectivity index (χ4n) is 4.60. The first-order chi connectivity index (χ1) is 12.8. The Bertz CT molecular complexity index is 772. The molecule has 1 fully saturated rings. The average molecular weight is 351 g/mol. The number of benzene rings is 1. The van der Waals surface area contributed by atoms with Crippen molar-refractivity contribution in [2.24, 2.45) is 0 Å². The van der Waals surface area contributed by atoms with Crippen molar-refractivity contribution in [1.82, 2.24) is 15.6 Å². The summed E-state index contributed by atoms with van der Waals surface area (Å²) in [7, 11) is 0. The van der Waals surface area contributed by atoms with Crippen LogP contribution in [0, 0.1) is 0 Å². The molecule has 1 amide bonds. The molecule has 0 unspecified atom stereocenters. The molecule has 0 radical (unpaired) electrons. The molecule has 136 valence electrons. The largest absolute Gasteiger partial charge is 0.375 e. The number of hydrogen-bond acceptors (Lipinski definition) is 4. The molecule has 26 heavy (non-hydrogen) atoms. The Labute approximate surface area is 154 Å². The summed E-state index contributed by atoms with van der Waals surface area (Å²) in [6, 6.07) is 11.8. The van der Waals surface area contributed by atoms with Gasteiger partial charge in [-0.05, 0) is 56.1 Å². The van der Waals surface area contributed by atoms with Gasteiger partial charge in [-0.2, -0.15) is 0 Å². The SMILES string of the molecule is CCO[C@@H]1[C@@H](NC(=O)c2ccncc2)c2ccccc2C12CCNCC2. The smallest absolute Gasteiger partial charge is 0.251 e. The molecule has 2 heterocycles. The molecule has 2 N–H and O–H groups in total. The van der Waals surface area contributed by atoms with Gasteiger partial charge in [-0.1, -0.05) is 24.3 Å². The second-order valence-corrected chi connectivity index (χ2v) is 7.06. The average Bonchev–Trinajstić information content (AvgIpc) is 2.93. The number of carbonyl (C=O) groups excluding carboxylic acids is 1. The first-order valence-electron chi connectivity index (χ1n) is 9.39. The number of fused-ring (bicyclic) bond motifs is 2. The number of nitrogens with zero attached hydrogens (tertiary/aromatic N) is 1. The standard InChI is InChI=1S/C21H25N3O2/c1-2-26-19-18(24-20(25)15-7-11-22-12-8-15)16-5-3-4-6-17(16)21(19)9-13-23-14-10-21/h3-8,11-12,18-19,23H,2,9-10,13-14H2,1H3,(H,24,25)/t18-,19+/m0/s1. The Morgan fingerprint density at radius 1 is 1.23 bits per heavy atom. The number of hydrogen-bond donors (Lipinski definition) is 2. The zero-order valence-corrected chi connectivity index (χ0v) is 15.1. The maximum absolute atomic E-state index is 12.8. The van der Waals surface area contributed by atoms with E-state index in [4.69, 9.17) is 4.74 Å². The van der Waals surface area contributed by atoms with Crippen molar-refractivity contribution in [3.63, 3.8) is 0 Å². The van der Waals surface area contributed by atoms with Crippen molar-refractivity contribution in [2.45, 2.75) is 37.3 Å². The molecule has 4 rings (SSSR count). The van der Waals surface area contributed by atoms with Crippen LogP contribution in [0.4, 0.5) is 0 Å². The van der Waals surface area contributed by atoms with Crippen molar-refractivity contribution in [1.29, 1.82) is 0 Å². The van der Waals surface area contributed by atoms with E-state index in [1.165, 1.54) is 11.1 Å². The summed E-state index contributed by atoms with van der Waals surface area (Å²) in [6.45, 7) is 4.61. The molecule has 5 nitrogen and oxygen atoms in total. The van der Waals surface area contributed by atoms with Crippen LogP contribution >= 0.6 is 0 Å². The van der Waals surface area contributed by atoms with E-state index in [0.29, 0.717) is 12.2 Å². The number of amides is 1. The van der Waals surface area contributed by atoms with E-state index >= 15 is 0 Å². The molecule has 0 bridgehead atoms. The van der Waals surface area contributed by atoms with Crippen LogP contribution in [0.15, 0.2) is 48.8 Å². The topological polar surface area (TPSA) is 63.2 Å². The van der Waals surface area contributed by atoms with E-state index in [2.05, 4.69) is 33.8 Å². The van der Waals surface area contributed by atoms with Crippen LogP contribution in [0.5, 0.6) is 0 Å². The molecular weight excluding hydrogens is 326 g/mol. The van der Waals surface area contributed by atoms with Gasteiger partial charge in [0.15, 0.2) is 0 Å². The van der Waals surface area contributed by atoms with Gasteiger partial charge in [-0.25, -0.2) is 0 Å². The molecule has 2 aliphatic rings. The van der Waals surface area contributed by atoms with Crippen LogP contribution in [-0.4, -0.2) is 36.7 Å². The minimum Gasteiger partial charge on any atom is -0.375 e. The van der Waals surface area contributed by atoms with Crippen molar-refractivity contribution >= 4 is 5.91 Å². The summed E-state index contributed by atoms with van der Waals surface area (Å²) in [4.78, 5) is 16.8. The number of carbonyl (C=O) groups is 1. The minimum atomic E-state index is -0.134. The van der Waals surface area contributed by atoms with Crippen molar-refractivity contribution in [2.75, 3.05) is 19.7 Å². The van der Waals surface area contributed by atoms with Gasteiger partial charge in [0, 0.05) is 30.0 Å². The fraction of sp³-hybridized carbons (Fsp3) is 0.429. The fourth-order valence-corrected chi connectivity index (χ4v) is 4.60. The number of ether oxygens (including phenoxy) is 1. The van der Waals surface area contributed by atoms with Crippen molar-refractivity contribution < 1.29 is 9.53 Å². The lowest BCUT2D eigenvalue weighted by Crippen LogP contribution is -2.49. The zero-order valence-electron chi connectivity index (χ0n) is 15.1. The Morgan fingerprint density at radius 2 is 1.96 bits per heavy atom. The van der Waals surface area contributed by atoms with E-state index < -0.39 is 0 Å². The predicted molar refractivity (Wildman–Crippen MR) is 100 cm³/mol. The van der Waals surface area contributed by atoms with Crippen LogP contribution in [0.25, 0.3) is 0 Å². The molecular formula is C21H25N3O2. The summed E-state index contributed by atoms with van der Waals surface area (Å²) in [6.07, 6.45) is 5.29. The highest BCUT2D eigenvalue weighted by atomic mass is 16.5. The monoisotopic (exact) mass is 351 g/mol. The van der Waals surface area contributed by atoms with Crippen LogP contribution in [0.1, 0.15) is 47.3 Å². The predicted octanol–water partition coefficient (Wildman–Crippen LogP) is 2.59. The molecule has 1 aromatic carbocycles. The highest BCUT2D eigenvalue weighted by Crippen LogP contribution is 2.51. The molecule has 2 atom stereocenters. The Morgan fingerprint density at radius 3 is 2.69 bits per heavy atom. The third-order valence-electron chi connectivity index (χ3n) is 5.75. The number of pyridine rings is 1. The van der Waals surface area contributed by atoms with Gasteiger partial charge in [0.05, 0.1) is 12.1 Å². The molecule has 1 saturated heterocycles. The summed E-state index contributed by atoms with van der Waals surface area (Å²) >= 11 is 0. The Kier molecular flexibility index (Phi) is 4.74. The van der Waals surface area contributed by atoms with Crippen molar-refractivity contribution in [3.05, 3.63) is 65.5 Å². The summed E-state index contributed by atoms with van der Waals surface area (Å²) < 4.78 is 6.27. The maximum Gasteiger partial charge on any atom is 0.251 e. The summed E-state index contributed by atoms with van der Waals surface area (Å²) in [5, 5.41) is 6.71. The lowest BCUT2D eigenvalue weighted by molar-refractivity contribution is -0.0207. The van der Waals surface area contributed by atoms with Crippen LogP contribution in [-0.2, 0) is 10.2 Å². The third-order valence-corrected chi connectivity index (χ3v) is 5.75. The Hall–Kier alpha value is -2.24. The summed E-state index contributed by atoms with van der Waals surface area (Å²) in [5.41, 5.74) is 3.11. The number of aromatic nitrogens is 1. The van der Waals surface area contributed by atoms with Gasteiger partial charge < -0.3 is 15.4 Å². The number of rotatable bonds is 4. The lowest BCUT2D eigenvalue weighted by Gasteiger charge is -2.41. The second kappa shape index (κ2) is 7.17. The van der Waals surface area contributed by atoms with Gasteiger partial charge in [-0.3, -0.25) is 9.78 Å². The molecule has 2 aromatic rings. The van der Waals surface area contributed by atoms with E-state index in [9.17, 15) is 4.79 Å².